The summed E-state index contributed by atoms with van der Waals surface area (Å²) in [5.41, 5.74) is 2.54. The van der Waals surface area contributed by atoms with Gasteiger partial charge in [-0.2, -0.15) is 0 Å². The zero-order chi connectivity index (χ0) is 14.1. The van der Waals surface area contributed by atoms with Gasteiger partial charge in [0.15, 0.2) is 0 Å². The zero-order valence-electron chi connectivity index (χ0n) is 12.2. The fourth-order valence-corrected chi connectivity index (χ4v) is 3.40. The van der Waals surface area contributed by atoms with Crippen molar-refractivity contribution in [3.63, 3.8) is 0 Å². The lowest BCUT2D eigenvalue weighted by Gasteiger charge is -2.33. The minimum absolute atomic E-state index is 0.00156. The number of alkyl halides is 1. The van der Waals surface area contributed by atoms with E-state index < -0.39 is 0 Å². The maximum Gasteiger partial charge on any atom is 0.126 e. The van der Waals surface area contributed by atoms with E-state index in [0.29, 0.717) is 0 Å². The number of aromatic nitrogens is 1. The maximum absolute atomic E-state index is 6.69. The van der Waals surface area contributed by atoms with Gasteiger partial charge >= 0.3 is 0 Å². The molecule has 3 rings (SSSR count). The summed E-state index contributed by atoms with van der Waals surface area (Å²) in [5.74, 6) is 0. The Balaban J connectivity index is 1.78. The normalized spacial score (nSPS) is 19.7. The van der Waals surface area contributed by atoms with Gasteiger partial charge in [0.1, 0.15) is 5.50 Å². The van der Waals surface area contributed by atoms with Gasteiger partial charge in [-0.25, -0.2) is 0 Å². The van der Waals surface area contributed by atoms with E-state index in [1.807, 2.05) is 0 Å². The third kappa shape index (κ3) is 2.58. The molecule has 0 spiro atoms. The summed E-state index contributed by atoms with van der Waals surface area (Å²) >= 11 is 6.69. The number of para-hydroxylation sites is 1. The maximum atomic E-state index is 6.69. The molecule has 1 aliphatic rings. The Morgan fingerprint density at radius 1 is 1.25 bits per heavy atom. The van der Waals surface area contributed by atoms with Crippen molar-refractivity contribution < 1.29 is 0 Å². The van der Waals surface area contributed by atoms with Crippen molar-refractivity contribution in [2.24, 2.45) is 0 Å². The molecule has 1 unspecified atom stereocenters. The number of fused-ring (bicyclic) bond motifs is 3. The molecule has 1 aromatic carbocycles. The minimum atomic E-state index is -0.00156. The second-order valence-electron chi connectivity index (χ2n) is 5.81. The van der Waals surface area contributed by atoms with Gasteiger partial charge in [-0.3, -0.25) is 4.90 Å². The van der Waals surface area contributed by atoms with Crippen LogP contribution < -0.4 is 0 Å². The van der Waals surface area contributed by atoms with E-state index >= 15 is 0 Å². The molecule has 1 aliphatic heterocycles. The lowest BCUT2D eigenvalue weighted by molar-refractivity contribution is 0.201. The van der Waals surface area contributed by atoms with Crippen molar-refractivity contribution in [3.05, 3.63) is 36.0 Å². The summed E-state index contributed by atoms with van der Waals surface area (Å²) in [5, 5.41) is 1.29. The molecule has 4 heteroatoms. The van der Waals surface area contributed by atoms with Gasteiger partial charge in [0, 0.05) is 25.2 Å². The van der Waals surface area contributed by atoms with Gasteiger partial charge in [-0.05, 0) is 44.6 Å². The predicted octanol–water partition coefficient (Wildman–Crippen LogP) is 3.15. The van der Waals surface area contributed by atoms with Crippen molar-refractivity contribution in [1.29, 1.82) is 0 Å². The number of hydrogen-bond acceptors (Lipinski definition) is 2. The predicted molar refractivity (Wildman–Crippen MR) is 85.3 cm³/mol. The molecule has 0 fully saturated rings. The Hall–Kier alpha value is -1.03. The SMILES string of the molecule is CN(C)CCCN1CCn2c(cc3ccccc32)C1Cl. The Labute approximate surface area is 125 Å². The number of rotatable bonds is 4. The van der Waals surface area contributed by atoms with E-state index in [9.17, 15) is 0 Å². The zero-order valence-corrected chi connectivity index (χ0v) is 13.0. The topological polar surface area (TPSA) is 11.4 Å². The summed E-state index contributed by atoms with van der Waals surface area (Å²) in [6, 6.07) is 10.8. The van der Waals surface area contributed by atoms with Gasteiger partial charge in [0.25, 0.3) is 0 Å². The summed E-state index contributed by atoms with van der Waals surface area (Å²) < 4.78 is 2.37. The number of nitrogens with zero attached hydrogens (tertiary/aromatic N) is 3. The lowest BCUT2D eigenvalue weighted by Crippen LogP contribution is -2.36. The van der Waals surface area contributed by atoms with Crippen molar-refractivity contribution in [1.82, 2.24) is 14.4 Å². The molecule has 0 saturated carbocycles. The standard InChI is InChI=1S/C16H22ClN3/c1-18(2)8-5-9-19-10-11-20-14-7-4-3-6-13(14)12-15(20)16(19)17/h3-4,6-7,12,16H,5,8-11H2,1-2H3. The highest BCUT2D eigenvalue weighted by atomic mass is 35.5. The Bertz CT molecular complexity index is 590. The van der Waals surface area contributed by atoms with Crippen molar-refractivity contribution in [2.75, 3.05) is 33.7 Å². The van der Waals surface area contributed by atoms with Crippen LogP contribution in [0.5, 0.6) is 0 Å². The molecule has 2 aromatic rings. The molecular formula is C16H22ClN3. The van der Waals surface area contributed by atoms with Crippen molar-refractivity contribution in [2.45, 2.75) is 18.5 Å². The molecule has 108 valence electrons. The van der Waals surface area contributed by atoms with Crippen LogP contribution in [0.1, 0.15) is 17.6 Å². The molecule has 0 amide bonds. The number of benzene rings is 1. The Kier molecular flexibility index (Phi) is 4.01. The van der Waals surface area contributed by atoms with Crippen molar-refractivity contribution >= 4 is 22.5 Å². The van der Waals surface area contributed by atoms with Crippen LogP contribution in [0, 0.1) is 0 Å². The first kappa shape index (κ1) is 13.9. The van der Waals surface area contributed by atoms with Crippen LogP contribution in [-0.2, 0) is 6.54 Å². The average Bonchev–Trinajstić information content (AvgIpc) is 2.81. The molecule has 0 N–H and O–H groups in total. The lowest BCUT2D eigenvalue weighted by atomic mass is 10.2. The summed E-state index contributed by atoms with van der Waals surface area (Å²) in [4.78, 5) is 4.61. The van der Waals surface area contributed by atoms with E-state index in [4.69, 9.17) is 11.6 Å². The number of halogens is 1. The van der Waals surface area contributed by atoms with Crippen LogP contribution in [0.15, 0.2) is 30.3 Å². The van der Waals surface area contributed by atoms with Crippen LogP contribution in [0.2, 0.25) is 0 Å². The third-order valence-corrected chi connectivity index (χ3v) is 4.57. The molecule has 20 heavy (non-hydrogen) atoms. The summed E-state index contributed by atoms with van der Waals surface area (Å²) in [6.07, 6.45) is 1.16. The van der Waals surface area contributed by atoms with Crippen LogP contribution in [0.25, 0.3) is 10.9 Å². The van der Waals surface area contributed by atoms with Crippen LogP contribution >= 0.6 is 11.6 Å². The molecule has 0 bridgehead atoms. The molecule has 0 aliphatic carbocycles. The minimum Gasteiger partial charge on any atom is -0.341 e. The van der Waals surface area contributed by atoms with E-state index in [2.05, 4.69) is 58.8 Å². The first-order valence-corrected chi connectivity index (χ1v) is 7.71. The molecule has 2 heterocycles. The smallest absolute Gasteiger partial charge is 0.126 e. The Morgan fingerprint density at radius 3 is 2.85 bits per heavy atom. The second-order valence-corrected chi connectivity index (χ2v) is 6.22. The van der Waals surface area contributed by atoms with Gasteiger partial charge in [0.2, 0.25) is 0 Å². The summed E-state index contributed by atoms with van der Waals surface area (Å²) in [6.45, 7) is 4.25. The molecule has 0 saturated heterocycles. The molecule has 1 atom stereocenters. The van der Waals surface area contributed by atoms with Crippen LogP contribution in [-0.4, -0.2) is 48.1 Å². The fraction of sp³-hybridized carbons (Fsp3) is 0.500. The highest BCUT2D eigenvalue weighted by molar-refractivity contribution is 6.20. The largest absolute Gasteiger partial charge is 0.341 e. The fourth-order valence-electron chi connectivity index (χ4n) is 3.02. The van der Waals surface area contributed by atoms with Gasteiger partial charge < -0.3 is 9.47 Å². The van der Waals surface area contributed by atoms with Gasteiger partial charge in [-0.15, -0.1) is 0 Å². The Morgan fingerprint density at radius 2 is 2.05 bits per heavy atom. The van der Waals surface area contributed by atoms with E-state index in [-0.39, 0.29) is 5.50 Å². The third-order valence-electron chi connectivity index (χ3n) is 4.07. The summed E-state index contributed by atoms with van der Waals surface area (Å²) in [7, 11) is 4.23. The van der Waals surface area contributed by atoms with Crippen LogP contribution in [0.3, 0.4) is 0 Å². The second kappa shape index (κ2) is 5.76. The molecule has 0 radical (unpaired) electrons. The molecular weight excluding hydrogens is 270 g/mol. The quantitative estimate of drug-likeness (QED) is 0.633. The van der Waals surface area contributed by atoms with E-state index in [1.54, 1.807) is 0 Å². The van der Waals surface area contributed by atoms with Gasteiger partial charge in [-0.1, -0.05) is 29.8 Å². The number of hydrogen-bond donors (Lipinski definition) is 0. The van der Waals surface area contributed by atoms with Crippen molar-refractivity contribution in [3.8, 4) is 0 Å². The first-order chi connectivity index (χ1) is 9.66. The average molecular weight is 292 g/mol. The molecule has 1 aromatic heterocycles. The molecule has 3 nitrogen and oxygen atoms in total. The highest BCUT2D eigenvalue weighted by Crippen LogP contribution is 2.34. The van der Waals surface area contributed by atoms with E-state index in [1.165, 1.54) is 16.6 Å². The highest BCUT2D eigenvalue weighted by Gasteiger charge is 2.26. The first-order valence-electron chi connectivity index (χ1n) is 7.28. The van der Waals surface area contributed by atoms with Gasteiger partial charge in [0.05, 0.1) is 5.69 Å². The van der Waals surface area contributed by atoms with E-state index in [0.717, 1.165) is 32.6 Å². The van der Waals surface area contributed by atoms with Crippen LogP contribution in [0.4, 0.5) is 0 Å². The monoisotopic (exact) mass is 291 g/mol.